The Balaban J connectivity index is 0.000000606. The molecule has 90 valence electrons. The van der Waals surface area contributed by atoms with E-state index < -0.39 is 0 Å². The minimum Gasteiger partial charge on any atom is -0.295 e. The molecule has 0 N–H and O–H groups in total. The van der Waals surface area contributed by atoms with Crippen molar-refractivity contribution in [2.45, 2.75) is 47.2 Å². The van der Waals surface area contributed by atoms with Crippen LogP contribution >= 0.6 is 0 Å². The van der Waals surface area contributed by atoms with Gasteiger partial charge in [0, 0.05) is 13.1 Å². The van der Waals surface area contributed by atoms with Crippen LogP contribution in [0.1, 0.15) is 45.2 Å². The van der Waals surface area contributed by atoms with E-state index in [-0.39, 0.29) is 0 Å². The van der Waals surface area contributed by atoms with E-state index in [9.17, 15) is 0 Å². The lowest BCUT2D eigenvalue weighted by Crippen LogP contribution is -2.18. The highest BCUT2D eigenvalue weighted by molar-refractivity contribution is 5.30. The van der Waals surface area contributed by atoms with Gasteiger partial charge in [-0.15, -0.1) is 0 Å². The van der Waals surface area contributed by atoms with Crippen molar-refractivity contribution in [3.8, 4) is 0 Å². The predicted molar refractivity (Wildman–Crippen MR) is 71.4 cm³/mol. The molecule has 1 aliphatic rings. The average Bonchev–Trinajstić information content (AvgIpc) is 2.71. The van der Waals surface area contributed by atoms with Crippen LogP contribution in [0.4, 0.5) is 0 Å². The van der Waals surface area contributed by atoms with Gasteiger partial charge in [-0.1, -0.05) is 52.0 Å². The molecule has 1 heteroatoms. The second kappa shape index (κ2) is 6.70. The molecule has 1 nitrogen and oxygen atoms in total. The zero-order valence-corrected chi connectivity index (χ0v) is 11.2. The summed E-state index contributed by atoms with van der Waals surface area (Å²) in [4.78, 5) is 2.55. The van der Waals surface area contributed by atoms with Crippen LogP contribution in [-0.2, 0) is 13.1 Å². The first-order chi connectivity index (χ1) is 7.75. The third-order valence-electron chi connectivity index (χ3n) is 2.93. The minimum atomic E-state index is 0.818. The number of hydrogen-bond donors (Lipinski definition) is 0. The van der Waals surface area contributed by atoms with E-state index in [1.807, 2.05) is 13.8 Å². The zero-order chi connectivity index (χ0) is 12.0. The molecule has 0 saturated heterocycles. The Bertz CT molecular complexity index is 279. The van der Waals surface area contributed by atoms with Crippen molar-refractivity contribution in [2.75, 3.05) is 6.54 Å². The van der Waals surface area contributed by atoms with Crippen molar-refractivity contribution in [1.29, 1.82) is 0 Å². The first kappa shape index (κ1) is 13.2. The summed E-state index contributed by atoms with van der Waals surface area (Å²) in [5.41, 5.74) is 3.05. The van der Waals surface area contributed by atoms with Crippen molar-refractivity contribution in [3.05, 3.63) is 35.4 Å². The summed E-state index contributed by atoms with van der Waals surface area (Å²) in [6.07, 6.45) is 1.31. The largest absolute Gasteiger partial charge is 0.295 e. The molecule has 0 spiro atoms. The van der Waals surface area contributed by atoms with E-state index >= 15 is 0 Å². The third-order valence-corrected chi connectivity index (χ3v) is 2.93. The Morgan fingerprint density at radius 3 is 2.00 bits per heavy atom. The van der Waals surface area contributed by atoms with Gasteiger partial charge in [-0.05, 0) is 30.0 Å². The van der Waals surface area contributed by atoms with Crippen LogP contribution in [0.15, 0.2) is 24.3 Å². The summed E-state index contributed by atoms with van der Waals surface area (Å²) < 4.78 is 0. The van der Waals surface area contributed by atoms with Gasteiger partial charge in [0.1, 0.15) is 0 Å². The summed E-state index contributed by atoms with van der Waals surface area (Å²) in [7, 11) is 0. The molecule has 0 aliphatic carbocycles. The van der Waals surface area contributed by atoms with Gasteiger partial charge >= 0.3 is 0 Å². The molecule has 1 aliphatic heterocycles. The summed E-state index contributed by atoms with van der Waals surface area (Å²) in [6, 6.07) is 8.80. The van der Waals surface area contributed by atoms with Crippen molar-refractivity contribution in [3.63, 3.8) is 0 Å². The van der Waals surface area contributed by atoms with E-state index in [0.717, 1.165) is 19.0 Å². The molecule has 0 atom stereocenters. The van der Waals surface area contributed by atoms with Gasteiger partial charge in [0.25, 0.3) is 0 Å². The quantitative estimate of drug-likeness (QED) is 0.740. The highest BCUT2D eigenvalue weighted by atomic mass is 15.1. The molecule has 0 amide bonds. The third kappa shape index (κ3) is 3.64. The summed E-state index contributed by atoms with van der Waals surface area (Å²) in [5.74, 6) is 0.818. The Kier molecular flexibility index (Phi) is 5.54. The molecule has 1 heterocycles. The molecular weight excluding hydrogens is 194 g/mol. The van der Waals surface area contributed by atoms with E-state index in [1.54, 1.807) is 0 Å². The lowest BCUT2D eigenvalue weighted by atomic mass is 10.1. The van der Waals surface area contributed by atoms with Gasteiger partial charge in [-0.2, -0.15) is 0 Å². The van der Waals surface area contributed by atoms with Crippen LogP contribution in [0.2, 0.25) is 0 Å². The Morgan fingerprint density at radius 1 is 1.06 bits per heavy atom. The van der Waals surface area contributed by atoms with Gasteiger partial charge in [0.05, 0.1) is 0 Å². The van der Waals surface area contributed by atoms with Crippen LogP contribution < -0.4 is 0 Å². The van der Waals surface area contributed by atoms with E-state index in [0.29, 0.717) is 0 Å². The summed E-state index contributed by atoms with van der Waals surface area (Å²) >= 11 is 0. The lowest BCUT2D eigenvalue weighted by molar-refractivity contribution is 0.266. The topological polar surface area (TPSA) is 3.24 Å². The maximum atomic E-state index is 2.55. The first-order valence-electron chi connectivity index (χ1n) is 6.55. The molecule has 0 radical (unpaired) electrons. The second-order valence-corrected chi connectivity index (χ2v) is 4.66. The molecule has 0 fully saturated rings. The van der Waals surface area contributed by atoms with Crippen LogP contribution in [0.3, 0.4) is 0 Å². The van der Waals surface area contributed by atoms with Crippen molar-refractivity contribution in [1.82, 2.24) is 4.90 Å². The first-order valence-corrected chi connectivity index (χ1v) is 6.55. The number of nitrogens with zero attached hydrogens (tertiary/aromatic N) is 1. The maximum absolute atomic E-state index is 2.55. The van der Waals surface area contributed by atoms with Crippen LogP contribution in [-0.4, -0.2) is 11.4 Å². The number of hydrogen-bond acceptors (Lipinski definition) is 1. The molecule has 1 aromatic rings. The van der Waals surface area contributed by atoms with Gasteiger partial charge in [0.2, 0.25) is 0 Å². The second-order valence-electron chi connectivity index (χ2n) is 4.66. The molecule has 0 bridgehead atoms. The number of fused-ring (bicyclic) bond motifs is 1. The Morgan fingerprint density at radius 2 is 1.56 bits per heavy atom. The van der Waals surface area contributed by atoms with E-state index in [1.165, 1.54) is 24.1 Å². The fourth-order valence-electron chi connectivity index (χ4n) is 2.00. The van der Waals surface area contributed by atoms with Gasteiger partial charge in [-0.25, -0.2) is 0 Å². The monoisotopic (exact) mass is 219 g/mol. The number of rotatable bonds is 3. The molecular formula is C15H25N. The maximum Gasteiger partial charge on any atom is 0.0240 e. The van der Waals surface area contributed by atoms with Crippen molar-refractivity contribution >= 4 is 0 Å². The van der Waals surface area contributed by atoms with Crippen molar-refractivity contribution in [2.24, 2.45) is 5.92 Å². The van der Waals surface area contributed by atoms with Crippen LogP contribution in [0, 0.1) is 5.92 Å². The molecule has 16 heavy (non-hydrogen) atoms. The standard InChI is InChI=1S/C13H19N.C2H6/c1-11(2)7-8-14-9-12-5-3-4-6-13(12)10-14;1-2/h3-6,11H,7-10H2,1-2H3;1-2H3. The Labute approximate surface area is 100 Å². The SMILES string of the molecule is CC.CC(C)CCN1Cc2ccccc2C1. The fraction of sp³-hybridized carbons (Fsp3) is 0.600. The number of benzene rings is 1. The van der Waals surface area contributed by atoms with Crippen LogP contribution in [0.5, 0.6) is 0 Å². The molecule has 0 aromatic heterocycles. The minimum absolute atomic E-state index is 0.818. The normalized spacial score (nSPS) is 14.6. The highest BCUT2D eigenvalue weighted by Crippen LogP contribution is 2.22. The molecule has 2 rings (SSSR count). The molecule has 0 unspecified atom stereocenters. The summed E-state index contributed by atoms with van der Waals surface area (Å²) in [5, 5.41) is 0. The van der Waals surface area contributed by atoms with Gasteiger partial charge < -0.3 is 0 Å². The van der Waals surface area contributed by atoms with Gasteiger partial charge in [-0.3, -0.25) is 4.90 Å². The van der Waals surface area contributed by atoms with Gasteiger partial charge in [0.15, 0.2) is 0 Å². The van der Waals surface area contributed by atoms with E-state index in [2.05, 4.69) is 43.0 Å². The Hall–Kier alpha value is -0.820. The van der Waals surface area contributed by atoms with Crippen molar-refractivity contribution < 1.29 is 0 Å². The zero-order valence-electron chi connectivity index (χ0n) is 11.2. The lowest BCUT2D eigenvalue weighted by Gasteiger charge is -2.15. The smallest absolute Gasteiger partial charge is 0.0240 e. The molecule has 1 aromatic carbocycles. The predicted octanol–water partition coefficient (Wildman–Crippen LogP) is 4.07. The van der Waals surface area contributed by atoms with Crippen LogP contribution in [0.25, 0.3) is 0 Å². The average molecular weight is 219 g/mol. The highest BCUT2D eigenvalue weighted by Gasteiger charge is 2.17. The molecule has 0 saturated carbocycles. The van der Waals surface area contributed by atoms with E-state index in [4.69, 9.17) is 0 Å². The summed E-state index contributed by atoms with van der Waals surface area (Å²) in [6.45, 7) is 12.1. The fourth-order valence-corrected chi connectivity index (χ4v) is 2.00.